The molecule has 0 aliphatic heterocycles. The highest BCUT2D eigenvalue weighted by molar-refractivity contribution is 7.92. The maximum absolute atomic E-state index is 13.1. The fourth-order valence-corrected chi connectivity index (χ4v) is 3.98. The van der Waals surface area contributed by atoms with E-state index in [1.54, 1.807) is 6.92 Å². The largest absolute Gasteiger partial charge is 0.416 e. The van der Waals surface area contributed by atoms with Crippen molar-refractivity contribution in [3.63, 3.8) is 0 Å². The Morgan fingerprint density at radius 3 is 2.09 bits per heavy atom. The number of sulfonamides is 1. The first-order valence-corrected chi connectivity index (χ1v) is 12.0. The van der Waals surface area contributed by atoms with Gasteiger partial charge in [-0.15, -0.1) is 0 Å². The summed E-state index contributed by atoms with van der Waals surface area (Å²) in [7, 11) is -4.14. The molecule has 1 N–H and O–H groups in total. The number of halogens is 4. The lowest BCUT2D eigenvalue weighted by atomic mass is 9.86. The van der Waals surface area contributed by atoms with Gasteiger partial charge in [-0.3, -0.25) is 9.10 Å². The highest BCUT2D eigenvalue weighted by Crippen LogP contribution is 2.36. The van der Waals surface area contributed by atoms with Crippen LogP contribution in [0.1, 0.15) is 44.4 Å². The number of carbonyl (C=O) groups is 1. The summed E-state index contributed by atoms with van der Waals surface area (Å²) in [6, 6.07) is 9.81. The minimum atomic E-state index is -4.71. The van der Waals surface area contributed by atoms with E-state index in [1.165, 1.54) is 0 Å². The van der Waals surface area contributed by atoms with Crippen molar-refractivity contribution in [3.05, 3.63) is 64.2 Å². The number of amides is 1. The predicted octanol–water partition coefficient (Wildman–Crippen LogP) is 4.96. The van der Waals surface area contributed by atoms with Crippen LogP contribution in [-0.2, 0) is 26.4 Å². The Kier molecular flexibility index (Phi) is 7.86. The summed E-state index contributed by atoms with van der Waals surface area (Å²) in [6.45, 7) is 7.08. The van der Waals surface area contributed by atoms with E-state index in [-0.39, 0.29) is 10.4 Å². The number of nitrogens with one attached hydrogen (secondary N) is 1. The average Bonchev–Trinajstić information content (AvgIpc) is 2.68. The van der Waals surface area contributed by atoms with Crippen LogP contribution in [0.4, 0.5) is 18.9 Å². The van der Waals surface area contributed by atoms with Gasteiger partial charge in [0.2, 0.25) is 10.0 Å². The Hall–Kier alpha value is -2.59. The predicted molar refractivity (Wildman–Crippen MR) is 124 cm³/mol. The molecule has 0 heterocycles. The van der Waals surface area contributed by atoms with Crippen molar-refractivity contribution in [1.82, 2.24) is 5.43 Å². The maximum atomic E-state index is 13.1. The Morgan fingerprint density at radius 2 is 1.61 bits per heavy atom. The Balaban J connectivity index is 2.24. The molecule has 0 spiro atoms. The number of hydrogen-bond donors (Lipinski definition) is 1. The van der Waals surface area contributed by atoms with Crippen LogP contribution >= 0.6 is 11.6 Å². The van der Waals surface area contributed by atoms with Crippen LogP contribution < -0.4 is 9.73 Å². The zero-order valence-corrected chi connectivity index (χ0v) is 20.4. The van der Waals surface area contributed by atoms with Crippen molar-refractivity contribution in [2.24, 2.45) is 5.10 Å². The summed E-state index contributed by atoms with van der Waals surface area (Å²) in [5.41, 5.74) is 2.98. The van der Waals surface area contributed by atoms with Crippen molar-refractivity contribution in [2.45, 2.75) is 39.3 Å². The summed E-state index contributed by atoms with van der Waals surface area (Å²) in [5.74, 6) is -0.848. The lowest BCUT2D eigenvalue weighted by molar-refractivity contribution is -0.137. The quantitative estimate of drug-likeness (QED) is 0.447. The molecule has 0 saturated carbocycles. The van der Waals surface area contributed by atoms with Gasteiger partial charge in [0.05, 0.1) is 28.2 Å². The number of hydrazone groups is 1. The van der Waals surface area contributed by atoms with E-state index < -0.39 is 39.9 Å². The molecule has 0 fully saturated rings. The summed E-state index contributed by atoms with van der Waals surface area (Å²) in [6.07, 6.45) is -3.95. The summed E-state index contributed by atoms with van der Waals surface area (Å²) >= 11 is 5.95. The van der Waals surface area contributed by atoms with E-state index in [0.29, 0.717) is 16.1 Å². The van der Waals surface area contributed by atoms with E-state index >= 15 is 0 Å². The fourth-order valence-electron chi connectivity index (χ4n) is 2.85. The lowest BCUT2D eigenvalue weighted by Crippen LogP contribution is -2.39. The van der Waals surface area contributed by atoms with Crippen LogP contribution in [0.25, 0.3) is 0 Å². The molecular weight excluding hydrogens is 479 g/mol. The Morgan fingerprint density at radius 1 is 1.06 bits per heavy atom. The molecule has 33 heavy (non-hydrogen) atoms. The summed E-state index contributed by atoms with van der Waals surface area (Å²) < 4.78 is 64.2. The van der Waals surface area contributed by atoms with Crippen LogP contribution in [0.15, 0.2) is 47.6 Å². The third-order valence-electron chi connectivity index (χ3n) is 4.75. The van der Waals surface area contributed by atoms with Crippen molar-refractivity contribution in [2.75, 3.05) is 17.1 Å². The molecule has 180 valence electrons. The number of carbonyl (C=O) groups excluding carboxylic acids is 1. The molecular formula is C22H25ClF3N3O3S. The number of nitrogens with zero attached hydrogens (tertiary/aromatic N) is 2. The first-order valence-electron chi connectivity index (χ1n) is 9.78. The Labute approximate surface area is 196 Å². The maximum Gasteiger partial charge on any atom is 0.416 e. The van der Waals surface area contributed by atoms with Gasteiger partial charge in [0.25, 0.3) is 5.91 Å². The monoisotopic (exact) mass is 503 g/mol. The normalized spacial score (nSPS) is 13.1. The van der Waals surface area contributed by atoms with Gasteiger partial charge in [0.1, 0.15) is 6.54 Å². The molecule has 0 saturated heterocycles. The minimum absolute atomic E-state index is 0.0302. The molecule has 0 radical (unpaired) electrons. The molecule has 0 aromatic heterocycles. The summed E-state index contributed by atoms with van der Waals surface area (Å²) in [4.78, 5) is 12.4. The second-order valence-corrected chi connectivity index (χ2v) is 10.8. The molecule has 2 aromatic carbocycles. The van der Waals surface area contributed by atoms with Gasteiger partial charge in [-0.2, -0.15) is 18.3 Å². The molecule has 2 aromatic rings. The highest BCUT2D eigenvalue weighted by Gasteiger charge is 2.33. The minimum Gasteiger partial charge on any atom is -0.271 e. The van der Waals surface area contributed by atoms with Crippen molar-refractivity contribution in [3.8, 4) is 0 Å². The molecule has 0 aliphatic rings. The van der Waals surface area contributed by atoms with Gasteiger partial charge >= 0.3 is 6.18 Å². The van der Waals surface area contributed by atoms with Crippen LogP contribution in [0, 0.1) is 0 Å². The third kappa shape index (κ3) is 7.20. The molecule has 11 heteroatoms. The van der Waals surface area contributed by atoms with Gasteiger partial charge in [0.15, 0.2) is 0 Å². The van der Waals surface area contributed by atoms with Crippen molar-refractivity contribution in [1.29, 1.82) is 0 Å². The first kappa shape index (κ1) is 26.7. The second kappa shape index (κ2) is 9.72. The molecule has 0 bridgehead atoms. The molecule has 0 aliphatic carbocycles. The van der Waals surface area contributed by atoms with Gasteiger partial charge in [-0.1, -0.05) is 56.6 Å². The molecule has 0 atom stereocenters. The van der Waals surface area contributed by atoms with Gasteiger partial charge in [0, 0.05) is 0 Å². The number of anilines is 1. The second-order valence-electron chi connectivity index (χ2n) is 8.49. The van der Waals surface area contributed by atoms with Gasteiger partial charge < -0.3 is 0 Å². The molecule has 2 rings (SSSR count). The summed E-state index contributed by atoms with van der Waals surface area (Å²) in [5, 5.41) is 3.73. The van der Waals surface area contributed by atoms with Gasteiger partial charge in [-0.05, 0) is 41.7 Å². The molecule has 0 unspecified atom stereocenters. The zero-order valence-electron chi connectivity index (χ0n) is 18.8. The first-order chi connectivity index (χ1) is 15.0. The highest BCUT2D eigenvalue weighted by atomic mass is 35.5. The van der Waals surface area contributed by atoms with Crippen LogP contribution in [0.3, 0.4) is 0 Å². The Bertz CT molecular complexity index is 1160. The third-order valence-corrected chi connectivity index (χ3v) is 6.19. The van der Waals surface area contributed by atoms with E-state index in [9.17, 15) is 26.4 Å². The van der Waals surface area contributed by atoms with Crippen LogP contribution in [0.2, 0.25) is 5.02 Å². The number of hydrogen-bond acceptors (Lipinski definition) is 4. The molecule has 1 amide bonds. The fraction of sp³-hybridized carbons (Fsp3) is 0.364. The SMILES string of the molecule is CC(=NNC(=O)CN(c1cc(C(F)(F)F)ccc1Cl)S(C)(=O)=O)c1ccc(C(C)(C)C)cc1. The van der Waals surface area contributed by atoms with Crippen molar-refractivity contribution < 1.29 is 26.4 Å². The van der Waals surface area contributed by atoms with E-state index in [4.69, 9.17) is 11.6 Å². The van der Waals surface area contributed by atoms with Crippen LogP contribution in [-0.4, -0.2) is 32.8 Å². The smallest absolute Gasteiger partial charge is 0.271 e. The van der Waals surface area contributed by atoms with Crippen molar-refractivity contribution >= 4 is 38.9 Å². The van der Waals surface area contributed by atoms with E-state index in [1.807, 2.05) is 24.3 Å². The topological polar surface area (TPSA) is 78.8 Å². The lowest BCUT2D eigenvalue weighted by Gasteiger charge is -2.23. The van der Waals surface area contributed by atoms with E-state index in [0.717, 1.165) is 29.5 Å². The zero-order chi connectivity index (χ0) is 25.2. The number of benzene rings is 2. The average molecular weight is 504 g/mol. The van der Waals surface area contributed by atoms with E-state index in [2.05, 4.69) is 31.3 Å². The standard InChI is InChI=1S/C22H25ClF3N3O3S/c1-14(15-6-8-16(9-7-15)21(2,3)4)27-28-20(30)13-29(33(5,31)32)19-12-17(22(24,25)26)10-11-18(19)23/h6-12H,13H2,1-5H3,(H,28,30). The number of alkyl halides is 3. The van der Waals surface area contributed by atoms with Crippen LogP contribution in [0.5, 0.6) is 0 Å². The van der Waals surface area contributed by atoms with Gasteiger partial charge in [-0.25, -0.2) is 13.8 Å². The molecule has 6 nitrogen and oxygen atoms in total. The number of rotatable bonds is 6.